The molecule has 0 N–H and O–H groups in total. The number of piperidine rings is 1. The second-order valence-corrected chi connectivity index (χ2v) is 4.25. The minimum Gasteiger partial charge on any atom is -0.370 e. The van der Waals surface area contributed by atoms with Gasteiger partial charge in [0.1, 0.15) is 0 Å². The van der Waals surface area contributed by atoms with Gasteiger partial charge in [0.15, 0.2) is 0 Å². The minimum absolute atomic E-state index is 0.208. The molecule has 0 saturated carbocycles. The summed E-state index contributed by atoms with van der Waals surface area (Å²) in [4.78, 5) is 2.32. The van der Waals surface area contributed by atoms with E-state index in [1.54, 1.807) is 0 Å². The molecule has 78 valence electrons. The van der Waals surface area contributed by atoms with Crippen LogP contribution in [0.2, 0.25) is 0 Å². The molecule has 1 aliphatic rings. The first kappa shape index (κ1) is 10.0. The third kappa shape index (κ3) is 2.30. The van der Waals surface area contributed by atoms with E-state index in [4.69, 9.17) is 5.26 Å². The fourth-order valence-electron chi connectivity index (χ4n) is 2.07. The Kier molecular flexibility index (Phi) is 2.91. The summed E-state index contributed by atoms with van der Waals surface area (Å²) in [5.74, 6) is 0.208. The van der Waals surface area contributed by atoms with Crippen molar-refractivity contribution >= 4 is 5.69 Å². The lowest BCUT2D eigenvalue weighted by Crippen LogP contribution is -2.34. The van der Waals surface area contributed by atoms with Crippen LogP contribution in [0.3, 0.4) is 0 Å². The average Bonchev–Trinajstić information content (AvgIpc) is 2.30. The number of hydrogen-bond donors (Lipinski definition) is 0. The summed E-state index contributed by atoms with van der Waals surface area (Å²) in [5.41, 5.74) is 2.54. The lowest BCUT2D eigenvalue weighted by atomic mass is 9.99. The number of nitrogens with zero attached hydrogens (tertiary/aromatic N) is 2. The van der Waals surface area contributed by atoms with Gasteiger partial charge >= 0.3 is 0 Å². The van der Waals surface area contributed by atoms with Crippen LogP contribution in [0.5, 0.6) is 0 Å². The third-order valence-corrected chi connectivity index (χ3v) is 3.00. The Bertz CT molecular complexity index is 361. The highest BCUT2D eigenvalue weighted by molar-refractivity contribution is 5.48. The van der Waals surface area contributed by atoms with Crippen LogP contribution < -0.4 is 4.90 Å². The SMILES string of the molecule is Cc1ccc(N2CCCC(C#N)C2)cc1. The summed E-state index contributed by atoms with van der Waals surface area (Å²) in [6, 6.07) is 10.9. The molecule has 0 aromatic heterocycles. The largest absolute Gasteiger partial charge is 0.370 e. The molecule has 1 fully saturated rings. The van der Waals surface area contributed by atoms with Crippen LogP contribution in [0.25, 0.3) is 0 Å². The average molecular weight is 200 g/mol. The van der Waals surface area contributed by atoms with Crippen molar-refractivity contribution in [2.75, 3.05) is 18.0 Å². The molecule has 0 radical (unpaired) electrons. The molecule has 1 unspecified atom stereocenters. The summed E-state index contributed by atoms with van der Waals surface area (Å²) in [5, 5.41) is 8.92. The first-order chi connectivity index (χ1) is 7.29. The zero-order valence-electron chi connectivity index (χ0n) is 9.11. The first-order valence-electron chi connectivity index (χ1n) is 5.51. The molecular formula is C13H16N2. The predicted molar refractivity (Wildman–Crippen MR) is 61.7 cm³/mol. The third-order valence-electron chi connectivity index (χ3n) is 3.00. The van der Waals surface area contributed by atoms with Crippen LogP contribution in [0.15, 0.2) is 24.3 Å². The summed E-state index contributed by atoms with van der Waals surface area (Å²) < 4.78 is 0. The Balaban J connectivity index is 2.10. The Hall–Kier alpha value is -1.49. The van der Waals surface area contributed by atoms with E-state index in [0.29, 0.717) is 0 Å². The number of benzene rings is 1. The van der Waals surface area contributed by atoms with Gasteiger partial charge in [-0.3, -0.25) is 0 Å². The molecule has 1 aromatic rings. The van der Waals surface area contributed by atoms with Gasteiger partial charge in [0.05, 0.1) is 12.0 Å². The van der Waals surface area contributed by atoms with E-state index < -0.39 is 0 Å². The van der Waals surface area contributed by atoms with Gasteiger partial charge in [-0.2, -0.15) is 5.26 Å². The van der Waals surface area contributed by atoms with E-state index in [1.807, 2.05) is 0 Å². The number of anilines is 1. The molecule has 15 heavy (non-hydrogen) atoms. The zero-order chi connectivity index (χ0) is 10.7. The van der Waals surface area contributed by atoms with Crippen molar-refractivity contribution in [3.8, 4) is 6.07 Å². The second kappa shape index (κ2) is 4.35. The molecule has 2 rings (SSSR count). The predicted octanol–water partition coefficient (Wildman–Crippen LogP) is 2.74. The summed E-state index contributed by atoms with van der Waals surface area (Å²) in [7, 11) is 0. The molecule has 0 spiro atoms. The lowest BCUT2D eigenvalue weighted by molar-refractivity contribution is 0.493. The molecular weight excluding hydrogens is 184 g/mol. The molecule has 2 nitrogen and oxygen atoms in total. The van der Waals surface area contributed by atoms with Crippen LogP contribution >= 0.6 is 0 Å². The van der Waals surface area contributed by atoms with Crippen LogP contribution in [-0.4, -0.2) is 13.1 Å². The number of rotatable bonds is 1. The van der Waals surface area contributed by atoms with E-state index in [2.05, 4.69) is 42.2 Å². The summed E-state index contributed by atoms with van der Waals surface area (Å²) >= 11 is 0. The number of hydrogen-bond acceptors (Lipinski definition) is 2. The summed E-state index contributed by atoms with van der Waals surface area (Å²) in [6.45, 7) is 4.07. The second-order valence-electron chi connectivity index (χ2n) is 4.25. The van der Waals surface area contributed by atoms with Crippen molar-refractivity contribution in [2.24, 2.45) is 5.92 Å². The van der Waals surface area contributed by atoms with E-state index in [1.165, 1.54) is 11.3 Å². The Morgan fingerprint density at radius 2 is 2.07 bits per heavy atom. The molecule has 0 aliphatic carbocycles. The monoisotopic (exact) mass is 200 g/mol. The Labute approximate surface area is 91.1 Å². The Morgan fingerprint density at radius 1 is 1.33 bits per heavy atom. The maximum atomic E-state index is 8.92. The molecule has 1 saturated heterocycles. The van der Waals surface area contributed by atoms with Gasteiger partial charge in [-0.25, -0.2) is 0 Å². The topological polar surface area (TPSA) is 27.0 Å². The van der Waals surface area contributed by atoms with Gasteiger partial charge in [-0.05, 0) is 31.9 Å². The fraction of sp³-hybridized carbons (Fsp3) is 0.462. The summed E-state index contributed by atoms with van der Waals surface area (Å²) in [6.07, 6.45) is 2.19. The highest BCUT2D eigenvalue weighted by Gasteiger charge is 2.19. The molecule has 1 heterocycles. The fourth-order valence-corrected chi connectivity index (χ4v) is 2.07. The van der Waals surface area contributed by atoms with Gasteiger partial charge in [0.25, 0.3) is 0 Å². The highest BCUT2D eigenvalue weighted by Crippen LogP contribution is 2.22. The van der Waals surface area contributed by atoms with E-state index in [0.717, 1.165) is 25.9 Å². The molecule has 1 atom stereocenters. The van der Waals surface area contributed by atoms with E-state index >= 15 is 0 Å². The van der Waals surface area contributed by atoms with Crippen molar-refractivity contribution in [3.63, 3.8) is 0 Å². The highest BCUT2D eigenvalue weighted by atomic mass is 15.1. The van der Waals surface area contributed by atoms with Crippen LogP contribution in [0, 0.1) is 24.2 Å². The normalized spacial score (nSPS) is 21.1. The van der Waals surface area contributed by atoms with Gasteiger partial charge in [0, 0.05) is 18.8 Å². The molecule has 2 heteroatoms. The lowest BCUT2D eigenvalue weighted by Gasteiger charge is -2.31. The van der Waals surface area contributed by atoms with Crippen LogP contribution in [0.4, 0.5) is 5.69 Å². The van der Waals surface area contributed by atoms with Gasteiger partial charge in [-0.15, -0.1) is 0 Å². The first-order valence-corrected chi connectivity index (χ1v) is 5.51. The van der Waals surface area contributed by atoms with Crippen molar-refractivity contribution in [1.82, 2.24) is 0 Å². The molecule has 0 amide bonds. The van der Waals surface area contributed by atoms with Crippen LogP contribution in [0.1, 0.15) is 18.4 Å². The van der Waals surface area contributed by atoms with Crippen LogP contribution in [-0.2, 0) is 0 Å². The zero-order valence-corrected chi connectivity index (χ0v) is 9.11. The van der Waals surface area contributed by atoms with Crippen molar-refractivity contribution in [3.05, 3.63) is 29.8 Å². The van der Waals surface area contributed by atoms with E-state index in [9.17, 15) is 0 Å². The number of nitriles is 1. The standard InChI is InChI=1S/C13H16N2/c1-11-4-6-13(7-5-11)15-8-2-3-12(9-14)10-15/h4-7,12H,2-3,8,10H2,1H3. The maximum absolute atomic E-state index is 8.92. The smallest absolute Gasteiger partial charge is 0.0674 e. The quantitative estimate of drug-likeness (QED) is 0.697. The van der Waals surface area contributed by atoms with Crippen molar-refractivity contribution in [1.29, 1.82) is 5.26 Å². The van der Waals surface area contributed by atoms with Gasteiger partial charge in [-0.1, -0.05) is 17.7 Å². The maximum Gasteiger partial charge on any atom is 0.0674 e. The Morgan fingerprint density at radius 3 is 2.73 bits per heavy atom. The minimum atomic E-state index is 0.208. The van der Waals surface area contributed by atoms with E-state index in [-0.39, 0.29) is 5.92 Å². The molecule has 1 aromatic carbocycles. The van der Waals surface area contributed by atoms with Crippen molar-refractivity contribution in [2.45, 2.75) is 19.8 Å². The van der Waals surface area contributed by atoms with Gasteiger partial charge < -0.3 is 4.90 Å². The molecule has 1 aliphatic heterocycles. The number of aryl methyl sites for hydroxylation is 1. The van der Waals surface area contributed by atoms with Crippen molar-refractivity contribution < 1.29 is 0 Å². The van der Waals surface area contributed by atoms with Gasteiger partial charge in [0.2, 0.25) is 0 Å². The molecule has 0 bridgehead atoms.